The predicted molar refractivity (Wildman–Crippen MR) is 187 cm³/mol. The van der Waals surface area contributed by atoms with Crippen molar-refractivity contribution in [2.24, 2.45) is 0 Å². The molecule has 3 aromatic heterocycles. The molecule has 9 rings (SSSR count). The van der Waals surface area contributed by atoms with Gasteiger partial charge in [0.05, 0.1) is 16.7 Å². The molecular formula is C42H29N3O. The van der Waals surface area contributed by atoms with Gasteiger partial charge in [-0.2, -0.15) is 0 Å². The topological polar surface area (TPSA) is 39.9 Å². The molecule has 0 saturated heterocycles. The van der Waals surface area contributed by atoms with Gasteiger partial charge in [-0.15, -0.1) is 0 Å². The zero-order valence-corrected chi connectivity index (χ0v) is 25.3. The Kier molecular flexibility index (Phi) is 6.07. The number of nitrogens with zero attached hydrogens (tertiary/aromatic N) is 3. The first-order valence-corrected chi connectivity index (χ1v) is 15.6. The van der Waals surface area contributed by atoms with Crippen LogP contribution in [0.3, 0.4) is 0 Å². The summed E-state index contributed by atoms with van der Waals surface area (Å²) in [5.74, 6) is 2.42. The van der Waals surface area contributed by atoms with Gasteiger partial charge in [0.15, 0.2) is 0 Å². The third-order valence-electron chi connectivity index (χ3n) is 9.10. The first-order chi connectivity index (χ1) is 22.7. The molecule has 3 heterocycles. The monoisotopic (exact) mass is 591 g/mol. The van der Waals surface area contributed by atoms with E-state index >= 15 is 0 Å². The van der Waals surface area contributed by atoms with Crippen LogP contribution in [0.25, 0.3) is 61.1 Å². The lowest BCUT2D eigenvalue weighted by Gasteiger charge is -2.12. The van der Waals surface area contributed by atoms with E-state index in [4.69, 9.17) is 9.72 Å². The first kappa shape index (κ1) is 26.4. The van der Waals surface area contributed by atoms with E-state index in [2.05, 4.69) is 107 Å². The van der Waals surface area contributed by atoms with Crippen LogP contribution >= 0.6 is 0 Å². The summed E-state index contributed by atoms with van der Waals surface area (Å²) in [6, 6.07) is 46.5. The van der Waals surface area contributed by atoms with Gasteiger partial charge < -0.3 is 4.74 Å². The number of rotatable bonds is 5. The minimum Gasteiger partial charge on any atom is -0.457 e. The van der Waals surface area contributed by atoms with Crippen molar-refractivity contribution in [2.75, 3.05) is 0 Å². The summed E-state index contributed by atoms with van der Waals surface area (Å²) in [5, 5.41) is 2.44. The van der Waals surface area contributed by atoms with Gasteiger partial charge in [0.1, 0.15) is 17.3 Å². The lowest BCUT2D eigenvalue weighted by Crippen LogP contribution is -1.99. The number of pyridine rings is 2. The average molecular weight is 592 g/mol. The third-order valence-corrected chi connectivity index (χ3v) is 9.10. The molecule has 4 nitrogen and oxygen atoms in total. The Labute approximate surface area is 267 Å². The first-order valence-electron chi connectivity index (χ1n) is 15.6. The van der Waals surface area contributed by atoms with Gasteiger partial charge in [-0.25, -0.2) is 4.98 Å². The molecule has 0 amide bonds. The molecule has 8 aromatic rings. The molecule has 1 aliphatic carbocycles. The van der Waals surface area contributed by atoms with Crippen molar-refractivity contribution < 1.29 is 4.74 Å². The van der Waals surface area contributed by atoms with E-state index in [0.29, 0.717) is 0 Å². The summed E-state index contributed by atoms with van der Waals surface area (Å²) in [5.41, 5.74) is 13.0. The van der Waals surface area contributed by atoms with Crippen molar-refractivity contribution in [3.05, 3.63) is 163 Å². The molecule has 0 unspecified atom stereocenters. The van der Waals surface area contributed by atoms with Crippen LogP contribution in [0, 0.1) is 6.92 Å². The Morgan fingerprint density at radius 1 is 0.609 bits per heavy atom. The van der Waals surface area contributed by atoms with Gasteiger partial charge in [0, 0.05) is 40.4 Å². The molecule has 1 aliphatic rings. The van der Waals surface area contributed by atoms with Crippen molar-refractivity contribution in [3.63, 3.8) is 0 Å². The summed E-state index contributed by atoms with van der Waals surface area (Å²) >= 11 is 0. The minimum absolute atomic E-state index is 0.765. The molecule has 4 heteroatoms. The highest BCUT2D eigenvalue weighted by Crippen LogP contribution is 2.46. The Bertz CT molecular complexity index is 2430. The molecule has 0 bridgehead atoms. The van der Waals surface area contributed by atoms with Gasteiger partial charge in [0.25, 0.3) is 0 Å². The summed E-state index contributed by atoms with van der Waals surface area (Å²) in [7, 11) is 0. The Hall–Kier alpha value is -6.00. The van der Waals surface area contributed by atoms with Crippen molar-refractivity contribution in [1.82, 2.24) is 14.5 Å². The molecule has 0 saturated carbocycles. The van der Waals surface area contributed by atoms with Crippen LogP contribution < -0.4 is 4.74 Å². The zero-order valence-electron chi connectivity index (χ0n) is 25.3. The second kappa shape index (κ2) is 10.6. The van der Waals surface area contributed by atoms with Crippen molar-refractivity contribution in [2.45, 2.75) is 13.3 Å². The largest absolute Gasteiger partial charge is 0.457 e. The summed E-state index contributed by atoms with van der Waals surface area (Å²) in [4.78, 5) is 9.59. The van der Waals surface area contributed by atoms with Gasteiger partial charge in [-0.05, 0) is 95.3 Å². The standard InChI is InChI=1S/C42H29N3O/c1-27-22-40(44-26-36(27)28-10-3-2-4-11-28)45-38-20-17-31-23-29-12-5-6-15-34(29)41(31)42(38)35-19-18-33(25-39(35)45)46-32-14-9-13-30(24-32)37-16-7-8-21-43-37/h2-22,24-26H,23H2,1H3. The smallest absolute Gasteiger partial charge is 0.137 e. The van der Waals surface area contributed by atoms with Crippen molar-refractivity contribution in [3.8, 4) is 50.8 Å². The number of hydrogen-bond donors (Lipinski definition) is 0. The highest BCUT2D eigenvalue weighted by Gasteiger charge is 2.25. The second-order valence-electron chi connectivity index (χ2n) is 11.9. The molecule has 5 aromatic carbocycles. The quantitative estimate of drug-likeness (QED) is 0.200. The highest BCUT2D eigenvalue weighted by atomic mass is 16.5. The molecule has 0 atom stereocenters. The van der Waals surface area contributed by atoms with Gasteiger partial charge in [-0.1, -0.05) is 78.9 Å². The third kappa shape index (κ3) is 4.30. The van der Waals surface area contributed by atoms with E-state index in [1.807, 2.05) is 54.9 Å². The van der Waals surface area contributed by atoms with E-state index in [1.165, 1.54) is 44.2 Å². The number of aryl methyl sites for hydroxylation is 1. The molecule has 46 heavy (non-hydrogen) atoms. The van der Waals surface area contributed by atoms with Gasteiger partial charge >= 0.3 is 0 Å². The van der Waals surface area contributed by atoms with Crippen LogP contribution in [0.4, 0.5) is 0 Å². The number of benzene rings is 5. The van der Waals surface area contributed by atoms with E-state index in [1.54, 1.807) is 0 Å². The lowest BCUT2D eigenvalue weighted by atomic mass is 9.99. The maximum atomic E-state index is 6.52. The average Bonchev–Trinajstić information content (AvgIpc) is 3.64. The fourth-order valence-electron chi connectivity index (χ4n) is 6.99. The maximum absolute atomic E-state index is 6.52. The number of aromatic nitrogens is 3. The van der Waals surface area contributed by atoms with Crippen LogP contribution in [0.15, 0.2) is 146 Å². The van der Waals surface area contributed by atoms with Crippen LogP contribution in [0.2, 0.25) is 0 Å². The molecular weight excluding hydrogens is 562 g/mol. The van der Waals surface area contributed by atoms with Crippen LogP contribution in [-0.2, 0) is 6.42 Å². The summed E-state index contributed by atoms with van der Waals surface area (Å²) < 4.78 is 8.82. The van der Waals surface area contributed by atoms with Gasteiger partial charge in [-0.3, -0.25) is 9.55 Å². The number of fused-ring (bicyclic) bond motifs is 7. The minimum atomic E-state index is 0.765. The molecule has 0 radical (unpaired) electrons. The van der Waals surface area contributed by atoms with Crippen LogP contribution in [0.5, 0.6) is 11.5 Å². The van der Waals surface area contributed by atoms with E-state index in [9.17, 15) is 0 Å². The van der Waals surface area contributed by atoms with Crippen LogP contribution in [0.1, 0.15) is 16.7 Å². The summed E-state index contributed by atoms with van der Waals surface area (Å²) in [6.45, 7) is 2.17. The molecule has 0 spiro atoms. The molecule has 0 N–H and O–H groups in total. The lowest BCUT2D eigenvalue weighted by molar-refractivity contribution is 0.483. The maximum Gasteiger partial charge on any atom is 0.137 e. The molecule has 0 fully saturated rings. The van der Waals surface area contributed by atoms with Gasteiger partial charge in [0.2, 0.25) is 0 Å². The van der Waals surface area contributed by atoms with Crippen molar-refractivity contribution in [1.29, 1.82) is 0 Å². The Morgan fingerprint density at radius 3 is 2.30 bits per heavy atom. The Morgan fingerprint density at radius 2 is 1.43 bits per heavy atom. The molecule has 218 valence electrons. The SMILES string of the molecule is Cc1cc(-n2c3cc(Oc4cccc(-c5ccccn5)c4)ccc3c3c4c(ccc32)Cc2ccccc2-4)ncc1-c1ccccc1. The van der Waals surface area contributed by atoms with Crippen LogP contribution in [-0.4, -0.2) is 14.5 Å². The highest BCUT2D eigenvalue weighted by molar-refractivity contribution is 6.17. The fraction of sp³-hybridized carbons (Fsp3) is 0.0476. The number of ether oxygens (including phenoxy) is 1. The number of hydrogen-bond acceptors (Lipinski definition) is 3. The van der Waals surface area contributed by atoms with E-state index in [0.717, 1.165) is 51.6 Å². The normalized spacial score (nSPS) is 11.9. The van der Waals surface area contributed by atoms with E-state index < -0.39 is 0 Å². The fourth-order valence-corrected chi connectivity index (χ4v) is 6.99. The van der Waals surface area contributed by atoms with Crippen molar-refractivity contribution >= 4 is 21.8 Å². The Balaban J connectivity index is 1.23. The summed E-state index contributed by atoms with van der Waals surface area (Å²) in [6.07, 6.45) is 4.77. The predicted octanol–water partition coefficient (Wildman–Crippen LogP) is 10.6. The molecule has 0 aliphatic heterocycles. The second-order valence-corrected chi connectivity index (χ2v) is 11.9. The van der Waals surface area contributed by atoms with E-state index in [-0.39, 0.29) is 0 Å². The zero-order chi connectivity index (χ0) is 30.6.